The third-order valence-electron chi connectivity index (χ3n) is 6.08. The zero-order chi connectivity index (χ0) is 24.8. The highest BCUT2D eigenvalue weighted by atomic mass is 19.2. The number of ether oxygens (including phenoxy) is 3. The molecule has 0 unspecified atom stereocenters. The Bertz CT molecular complexity index is 1150. The third-order valence-corrected chi connectivity index (χ3v) is 6.08. The lowest BCUT2D eigenvalue weighted by Gasteiger charge is -2.28. The molecule has 0 aliphatic carbocycles. The van der Waals surface area contributed by atoms with Gasteiger partial charge in [-0.3, -0.25) is 0 Å². The molecular formula is C29H29F3O3. The monoisotopic (exact) mass is 482 g/mol. The lowest BCUT2D eigenvalue weighted by Crippen LogP contribution is -2.25. The van der Waals surface area contributed by atoms with Crippen molar-refractivity contribution in [1.82, 2.24) is 0 Å². The minimum absolute atomic E-state index is 0.0907. The zero-order valence-electron chi connectivity index (χ0n) is 19.7. The Balaban J connectivity index is 1.48. The molecular weight excluding hydrogens is 453 g/mol. The van der Waals surface area contributed by atoms with Crippen LogP contribution < -0.4 is 4.74 Å². The highest BCUT2D eigenvalue weighted by Crippen LogP contribution is 2.33. The van der Waals surface area contributed by atoms with Crippen LogP contribution in [0.3, 0.4) is 0 Å². The topological polar surface area (TPSA) is 27.7 Å². The second-order valence-electron chi connectivity index (χ2n) is 8.61. The van der Waals surface area contributed by atoms with Crippen LogP contribution in [0.5, 0.6) is 5.75 Å². The first-order valence-electron chi connectivity index (χ1n) is 11.9. The quantitative estimate of drug-likeness (QED) is 0.230. The second-order valence-corrected chi connectivity index (χ2v) is 8.61. The lowest BCUT2D eigenvalue weighted by atomic mass is 9.98. The Hall–Kier alpha value is -3.09. The zero-order valence-corrected chi connectivity index (χ0v) is 19.7. The third kappa shape index (κ3) is 5.77. The number of rotatable bonds is 9. The molecule has 0 saturated carbocycles. The molecule has 3 nitrogen and oxygen atoms in total. The minimum Gasteiger partial charge on any atom is -0.490 e. The molecule has 0 radical (unpaired) electrons. The molecule has 0 amide bonds. The second kappa shape index (κ2) is 11.6. The first-order chi connectivity index (χ1) is 17.0. The van der Waals surface area contributed by atoms with Crippen molar-refractivity contribution in [3.63, 3.8) is 0 Å². The maximum absolute atomic E-state index is 14.9. The lowest BCUT2D eigenvalue weighted by molar-refractivity contribution is -0.197. The smallest absolute Gasteiger partial charge is 0.201 e. The van der Waals surface area contributed by atoms with Crippen molar-refractivity contribution in [2.45, 2.75) is 32.5 Å². The Labute approximate surface area is 204 Å². The van der Waals surface area contributed by atoms with Crippen molar-refractivity contribution < 1.29 is 27.4 Å². The maximum atomic E-state index is 14.9. The summed E-state index contributed by atoms with van der Waals surface area (Å²) in [5.74, 6) is -2.35. The molecule has 184 valence electrons. The van der Waals surface area contributed by atoms with E-state index in [1.807, 2.05) is 0 Å². The molecule has 4 rings (SSSR count). The van der Waals surface area contributed by atoms with Crippen molar-refractivity contribution in [3.05, 3.63) is 90.3 Å². The van der Waals surface area contributed by atoms with Crippen molar-refractivity contribution in [2.75, 3.05) is 19.8 Å². The van der Waals surface area contributed by atoms with E-state index in [1.54, 1.807) is 42.5 Å². The average Bonchev–Trinajstić information content (AvgIpc) is 2.89. The van der Waals surface area contributed by atoms with Crippen molar-refractivity contribution in [3.8, 4) is 28.0 Å². The van der Waals surface area contributed by atoms with Gasteiger partial charge in [-0.15, -0.1) is 6.58 Å². The normalized spacial score (nSPS) is 17.8. The predicted molar refractivity (Wildman–Crippen MR) is 131 cm³/mol. The summed E-state index contributed by atoms with van der Waals surface area (Å²) in [5, 5.41) is 0. The molecule has 0 N–H and O–H groups in total. The summed E-state index contributed by atoms with van der Waals surface area (Å²) in [6.07, 6.45) is 3.93. The van der Waals surface area contributed by atoms with Crippen LogP contribution in [0.1, 0.15) is 38.0 Å². The molecule has 0 atom stereocenters. The highest BCUT2D eigenvalue weighted by molar-refractivity contribution is 5.71. The van der Waals surface area contributed by atoms with E-state index in [9.17, 15) is 13.2 Å². The fourth-order valence-corrected chi connectivity index (χ4v) is 3.99. The summed E-state index contributed by atoms with van der Waals surface area (Å²) in [6.45, 7) is 7.08. The van der Waals surface area contributed by atoms with Gasteiger partial charge in [-0.05, 0) is 35.7 Å². The molecule has 3 aromatic carbocycles. The van der Waals surface area contributed by atoms with E-state index in [4.69, 9.17) is 14.2 Å². The van der Waals surface area contributed by atoms with Crippen LogP contribution in [0.25, 0.3) is 22.3 Å². The van der Waals surface area contributed by atoms with Crippen molar-refractivity contribution in [1.29, 1.82) is 0 Å². The summed E-state index contributed by atoms with van der Waals surface area (Å²) in [5.41, 5.74) is 2.21. The minimum atomic E-state index is -1.00. The molecule has 1 saturated heterocycles. The van der Waals surface area contributed by atoms with Gasteiger partial charge in [0.25, 0.3) is 0 Å². The van der Waals surface area contributed by atoms with Crippen LogP contribution in [0.15, 0.2) is 67.3 Å². The van der Waals surface area contributed by atoms with E-state index in [0.29, 0.717) is 42.1 Å². The molecule has 1 fully saturated rings. The van der Waals surface area contributed by atoms with E-state index in [-0.39, 0.29) is 17.2 Å². The van der Waals surface area contributed by atoms with Gasteiger partial charge in [0.05, 0.1) is 19.8 Å². The van der Waals surface area contributed by atoms with Gasteiger partial charge >= 0.3 is 0 Å². The van der Waals surface area contributed by atoms with Gasteiger partial charge in [-0.25, -0.2) is 8.78 Å². The fraction of sp³-hybridized carbons (Fsp3) is 0.310. The van der Waals surface area contributed by atoms with Crippen LogP contribution in [-0.2, 0) is 9.47 Å². The van der Waals surface area contributed by atoms with Gasteiger partial charge in [0.15, 0.2) is 17.9 Å². The summed E-state index contributed by atoms with van der Waals surface area (Å²) >= 11 is 0. The van der Waals surface area contributed by atoms with E-state index in [2.05, 4.69) is 13.5 Å². The van der Waals surface area contributed by atoms with Gasteiger partial charge in [-0.1, -0.05) is 62.2 Å². The molecule has 6 heteroatoms. The van der Waals surface area contributed by atoms with Gasteiger partial charge in [0.2, 0.25) is 5.82 Å². The van der Waals surface area contributed by atoms with E-state index >= 15 is 0 Å². The Morgan fingerprint density at radius 2 is 1.54 bits per heavy atom. The number of hydrogen-bond donors (Lipinski definition) is 0. The van der Waals surface area contributed by atoms with Gasteiger partial charge < -0.3 is 14.2 Å². The fourth-order valence-electron chi connectivity index (χ4n) is 3.99. The number of halogens is 3. The standard InChI is InChI=1S/C29H29F3O3/c1-3-5-6-15-33-26-14-13-24(27(31)28(26)32)21-9-7-20(8-10-21)23-12-11-22(16-25(23)30)29-34-17-19(4-2)18-35-29/h4,7-14,16,19,29H,2-3,5-6,15,17-18H2,1H3. The molecule has 1 aliphatic heterocycles. The molecule has 1 aliphatic rings. The number of benzene rings is 3. The van der Waals surface area contributed by atoms with Crippen LogP contribution >= 0.6 is 0 Å². The van der Waals surface area contributed by atoms with E-state index in [0.717, 1.165) is 19.3 Å². The highest BCUT2D eigenvalue weighted by Gasteiger charge is 2.23. The van der Waals surface area contributed by atoms with Crippen LogP contribution in [0.4, 0.5) is 13.2 Å². The van der Waals surface area contributed by atoms with Crippen LogP contribution in [0, 0.1) is 23.4 Å². The number of hydrogen-bond acceptors (Lipinski definition) is 3. The summed E-state index contributed by atoms with van der Waals surface area (Å²) in [4.78, 5) is 0. The number of unbranched alkanes of at least 4 members (excludes halogenated alkanes) is 2. The van der Waals surface area contributed by atoms with Crippen LogP contribution in [-0.4, -0.2) is 19.8 Å². The Morgan fingerprint density at radius 1 is 0.886 bits per heavy atom. The summed E-state index contributed by atoms with van der Waals surface area (Å²) < 4.78 is 60.9. The first-order valence-corrected chi connectivity index (χ1v) is 11.9. The molecule has 35 heavy (non-hydrogen) atoms. The maximum Gasteiger partial charge on any atom is 0.201 e. The van der Waals surface area contributed by atoms with E-state index in [1.165, 1.54) is 18.2 Å². The molecule has 0 aromatic heterocycles. The largest absolute Gasteiger partial charge is 0.490 e. The first kappa shape index (κ1) is 25.0. The molecule has 3 aromatic rings. The van der Waals surface area contributed by atoms with E-state index < -0.39 is 23.7 Å². The van der Waals surface area contributed by atoms with Gasteiger partial charge in [-0.2, -0.15) is 4.39 Å². The summed E-state index contributed by atoms with van der Waals surface area (Å²) in [6, 6.07) is 14.4. The molecule has 1 heterocycles. The predicted octanol–water partition coefficient (Wildman–Crippen LogP) is 7.85. The molecule has 0 bridgehead atoms. The Kier molecular flexibility index (Phi) is 8.26. The molecule has 0 spiro atoms. The summed E-state index contributed by atoms with van der Waals surface area (Å²) in [7, 11) is 0. The van der Waals surface area contributed by atoms with Gasteiger partial charge in [0, 0.05) is 22.6 Å². The van der Waals surface area contributed by atoms with Crippen molar-refractivity contribution in [2.24, 2.45) is 5.92 Å². The van der Waals surface area contributed by atoms with Gasteiger partial charge in [0.1, 0.15) is 5.82 Å². The van der Waals surface area contributed by atoms with Crippen LogP contribution in [0.2, 0.25) is 0 Å². The Morgan fingerprint density at radius 3 is 2.17 bits per heavy atom. The average molecular weight is 483 g/mol. The van der Waals surface area contributed by atoms with Crippen molar-refractivity contribution >= 4 is 0 Å². The SMILES string of the molecule is C=CC1COC(c2ccc(-c3ccc(-c4ccc(OCCCCC)c(F)c4F)cc3)c(F)c2)OC1.